The van der Waals surface area contributed by atoms with E-state index >= 15 is 0 Å². The minimum atomic E-state index is -1.45. The maximum Gasteiger partial charge on any atom is 0.222 e. The first-order chi connectivity index (χ1) is 12.7. The molecule has 4 N–H and O–H groups in total. The molecule has 3 rings (SSSR count). The third kappa shape index (κ3) is 3.33. The molecule has 0 saturated carbocycles. The number of hydrogen-bond acceptors (Lipinski definition) is 7. The molecule has 0 atom stereocenters. The minimum absolute atomic E-state index is 0.00292. The molecule has 0 bridgehead atoms. The number of aromatic nitrogens is 3. The molecule has 2 aromatic heterocycles. The van der Waals surface area contributed by atoms with Crippen LogP contribution < -0.4 is 16.4 Å². The van der Waals surface area contributed by atoms with E-state index in [1.165, 1.54) is 7.05 Å². The van der Waals surface area contributed by atoms with Crippen LogP contribution in [0.5, 0.6) is 0 Å². The number of halogens is 3. The Kier molecular flexibility index (Phi) is 4.56. The van der Waals surface area contributed by atoms with Gasteiger partial charge in [-0.2, -0.15) is 4.98 Å². The maximum absolute atomic E-state index is 14.3. The van der Waals surface area contributed by atoms with Crippen LogP contribution in [-0.4, -0.2) is 27.8 Å². The van der Waals surface area contributed by atoms with Crippen molar-refractivity contribution < 1.29 is 18.0 Å². The first-order valence-corrected chi connectivity index (χ1v) is 7.77. The zero-order chi connectivity index (χ0) is 19.9. The smallest absolute Gasteiger partial charge is 0.222 e. The molecule has 27 heavy (non-hydrogen) atoms. The molecule has 3 aromatic rings. The van der Waals surface area contributed by atoms with Crippen molar-refractivity contribution in [2.75, 3.05) is 23.4 Å². The van der Waals surface area contributed by atoms with Crippen LogP contribution in [0, 0.1) is 17.5 Å². The molecule has 0 unspecified atom stereocenters. The van der Waals surface area contributed by atoms with Gasteiger partial charge in [0.05, 0.1) is 23.3 Å². The number of carbonyl (C=O) groups is 1. The van der Waals surface area contributed by atoms with Crippen LogP contribution in [0.4, 0.5) is 30.6 Å². The van der Waals surface area contributed by atoms with Crippen molar-refractivity contribution in [2.45, 2.75) is 13.5 Å². The van der Waals surface area contributed by atoms with Gasteiger partial charge in [-0.15, -0.1) is 0 Å². The molecule has 2 heterocycles. The van der Waals surface area contributed by atoms with Crippen molar-refractivity contribution in [3.63, 3.8) is 0 Å². The maximum atomic E-state index is 14.3. The highest BCUT2D eigenvalue weighted by Gasteiger charge is 2.23. The second kappa shape index (κ2) is 6.71. The van der Waals surface area contributed by atoms with Gasteiger partial charge in [-0.25, -0.2) is 23.1 Å². The van der Waals surface area contributed by atoms with Gasteiger partial charge in [0.25, 0.3) is 0 Å². The van der Waals surface area contributed by atoms with Gasteiger partial charge in [0.1, 0.15) is 17.0 Å². The van der Waals surface area contributed by atoms with Crippen LogP contribution in [0.1, 0.15) is 23.0 Å². The summed E-state index contributed by atoms with van der Waals surface area (Å²) in [4.78, 5) is 24.5. The highest BCUT2D eigenvalue weighted by atomic mass is 19.2. The Hall–Kier alpha value is -3.43. The highest BCUT2D eigenvalue weighted by Crippen LogP contribution is 2.29. The van der Waals surface area contributed by atoms with E-state index < -0.39 is 34.5 Å². The Bertz CT molecular complexity index is 1070. The number of Topliss-reactive ketones (excluding diaryl/α,β-unsaturated/α-hetero) is 1. The Morgan fingerprint density at radius 3 is 2.48 bits per heavy atom. The number of nitrogens with zero attached hydrogens (tertiary/aromatic N) is 4. The van der Waals surface area contributed by atoms with Gasteiger partial charge in [-0.1, -0.05) is 0 Å². The van der Waals surface area contributed by atoms with Crippen LogP contribution in [0.25, 0.3) is 11.0 Å². The Morgan fingerprint density at radius 1 is 1.11 bits per heavy atom. The molecule has 1 aromatic carbocycles. The van der Waals surface area contributed by atoms with Crippen molar-refractivity contribution in [3.8, 4) is 0 Å². The van der Waals surface area contributed by atoms with Crippen LogP contribution in [0.15, 0.2) is 18.2 Å². The number of nitrogen functional groups attached to an aromatic ring is 2. The van der Waals surface area contributed by atoms with Crippen LogP contribution >= 0.6 is 0 Å². The highest BCUT2D eigenvalue weighted by molar-refractivity contribution is 5.94. The van der Waals surface area contributed by atoms with Gasteiger partial charge in [0.15, 0.2) is 23.2 Å². The Morgan fingerprint density at radius 2 is 1.81 bits per heavy atom. The van der Waals surface area contributed by atoms with Gasteiger partial charge in [-0.05, 0) is 25.1 Å². The SMILES string of the molecule is CC(=O)c1cc(F)c(N(C)Cc2ccc3nc(N)nc(N)c3n2)c(F)c1F. The van der Waals surface area contributed by atoms with E-state index in [9.17, 15) is 18.0 Å². The molecule has 140 valence electrons. The molecular formula is C17H15F3N6O. The second-order valence-corrected chi connectivity index (χ2v) is 5.93. The lowest BCUT2D eigenvalue weighted by atomic mass is 10.1. The average molecular weight is 376 g/mol. The van der Waals surface area contributed by atoms with Gasteiger partial charge in [0, 0.05) is 7.05 Å². The topological polar surface area (TPSA) is 111 Å². The summed E-state index contributed by atoms with van der Waals surface area (Å²) in [5.74, 6) is -4.61. The standard InChI is InChI=1S/C17H15F3N6O/c1-7(27)9-5-10(18)15(13(20)12(9)19)26(2)6-8-3-4-11-14(23-8)16(21)25-17(22)24-11/h3-5H,6H2,1-2H3,(H4,21,22,24,25). The minimum Gasteiger partial charge on any atom is -0.382 e. The molecule has 0 aliphatic rings. The summed E-state index contributed by atoms with van der Waals surface area (Å²) in [5.41, 5.74) is 11.1. The molecule has 0 saturated heterocycles. The van der Waals surface area contributed by atoms with E-state index in [4.69, 9.17) is 11.5 Å². The second-order valence-electron chi connectivity index (χ2n) is 5.93. The number of anilines is 3. The van der Waals surface area contributed by atoms with Gasteiger partial charge in [0.2, 0.25) is 5.95 Å². The molecule has 0 fully saturated rings. The number of benzene rings is 1. The van der Waals surface area contributed by atoms with E-state index in [2.05, 4.69) is 15.0 Å². The zero-order valence-electron chi connectivity index (χ0n) is 14.4. The van der Waals surface area contributed by atoms with Crippen molar-refractivity contribution >= 4 is 34.3 Å². The summed E-state index contributed by atoms with van der Waals surface area (Å²) in [6.45, 7) is 0.964. The summed E-state index contributed by atoms with van der Waals surface area (Å²) in [6, 6.07) is 3.84. The summed E-state index contributed by atoms with van der Waals surface area (Å²) >= 11 is 0. The largest absolute Gasteiger partial charge is 0.382 e. The molecule has 0 aliphatic heterocycles. The van der Waals surface area contributed by atoms with Gasteiger partial charge in [-0.3, -0.25) is 4.79 Å². The Labute approximate surface area is 151 Å². The van der Waals surface area contributed by atoms with Crippen LogP contribution in [-0.2, 0) is 6.54 Å². The van der Waals surface area contributed by atoms with E-state index in [-0.39, 0.29) is 23.8 Å². The lowest BCUT2D eigenvalue weighted by molar-refractivity contribution is 0.101. The lowest BCUT2D eigenvalue weighted by Gasteiger charge is -2.21. The molecular weight excluding hydrogens is 361 g/mol. The van der Waals surface area contributed by atoms with Crippen molar-refractivity contribution in [1.29, 1.82) is 0 Å². The molecule has 0 spiro atoms. The number of nitrogens with two attached hydrogens (primary N) is 2. The fourth-order valence-electron chi connectivity index (χ4n) is 2.70. The summed E-state index contributed by atoms with van der Waals surface area (Å²) in [7, 11) is 1.36. The first-order valence-electron chi connectivity index (χ1n) is 7.77. The first kappa shape index (κ1) is 18.4. The van der Waals surface area contributed by atoms with Gasteiger partial charge >= 0.3 is 0 Å². The van der Waals surface area contributed by atoms with E-state index in [1.807, 2.05) is 0 Å². The number of carbonyl (C=O) groups excluding carboxylic acids is 1. The fraction of sp³-hybridized carbons (Fsp3) is 0.176. The number of rotatable bonds is 4. The van der Waals surface area contributed by atoms with Gasteiger partial charge < -0.3 is 16.4 Å². The normalized spacial score (nSPS) is 11.0. The molecule has 0 amide bonds. The molecule has 0 radical (unpaired) electrons. The molecule has 0 aliphatic carbocycles. The number of hydrogen-bond donors (Lipinski definition) is 2. The monoisotopic (exact) mass is 376 g/mol. The number of ketones is 1. The quantitative estimate of drug-likeness (QED) is 0.531. The Balaban J connectivity index is 1.98. The van der Waals surface area contributed by atoms with E-state index in [0.717, 1.165) is 11.8 Å². The molecule has 10 heteroatoms. The van der Waals surface area contributed by atoms with E-state index in [0.29, 0.717) is 17.3 Å². The van der Waals surface area contributed by atoms with Crippen molar-refractivity contribution in [2.24, 2.45) is 0 Å². The number of pyridine rings is 1. The summed E-state index contributed by atoms with van der Waals surface area (Å²) < 4.78 is 42.6. The third-order valence-corrected chi connectivity index (χ3v) is 3.94. The van der Waals surface area contributed by atoms with E-state index in [1.54, 1.807) is 12.1 Å². The predicted molar refractivity (Wildman–Crippen MR) is 94.6 cm³/mol. The summed E-state index contributed by atoms with van der Waals surface area (Å²) in [5, 5.41) is 0. The van der Waals surface area contributed by atoms with Crippen LogP contribution in [0.3, 0.4) is 0 Å². The molecule has 7 nitrogen and oxygen atoms in total. The fourth-order valence-corrected chi connectivity index (χ4v) is 2.70. The third-order valence-electron chi connectivity index (χ3n) is 3.94. The van der Waals surface area contributed by atoms with Crippen molar-refractivity contribution in [3.05, 3.63) is 46.9 Å². The predicted octanol–water partition coefficient (Wildman–Crippen LogP) is 2.45. The number of fused-ring (bicyclic) bond motifs is 1. The van der Waals surface area contributed by atoms with Crippen LogP contribution in [0.2, 0.25) is 0 Å². The zero-order valence-corrected chi connectivity index (χ0v) is 14.4. The average Bonchev–Trinajstić information content (AvgIpc) is 2.58. The lowest BCUT2D eigenvalue weighted by Crippen LogP contribution is -2.21. The van der Waals surface area contributed by atoms with Crippen molar-refractivity contribution in [1.82, 2.24) is 15.0 Å². The summed E-state index contributed by atoms with van der Waals surface area (Å²) in [6.07, 6.45) is 0.